The molecule has 0 amide bonds. The van der Waals surface area contributed by atoms with Crippen LogP contribution in [0.5, 0.6) is 5.75 Å². The Morgan fingerprint density at radius 1 is 1.00 bits per heavy atom. The van der Waals surface area contributed by atoms with Gasteiger partial charge in [0, 0.05) is 12.0 Å². The summed E-state index contributed by atoms with van der Waals surface area (Å²) in [5, 5.41) is 0. The predicted molar refractivity (Wildman–Crippen MR) is 81.4 cm³/mol. The highest BCUT2D eigenvalue weighted by Crippen LogP contribution is 2.14. The van der Waals surface area contributed by atoms with Crippen LogP contribution in [0.1, 0.15) is 34.8 Å². The van der Waals surface area contributed by atoms with E-state index in [-0.39, 0.29) is 5.78 Å². The van der Waals surface area contributed by atoms with Crippen LogP contribution in [-0.2, 0) is 6.42 Å². The standard InChI is InChI=1S/C18H20O2/c1-3-20-17-11-9-16(10-12-17)18(19)13-8-15-6-4-14(2)5-7-15/h4-7,9-12H,3,8,13H2,1-2H3. The first-order valence-electron chi connectivity index (χ1n) is 7.00. The van der Waals surface area contributed by atoms with Gasteiger partial charge in [-0.3, -0.25) is 4.79 Å². The summed E-state index contributed by atoms with van der Waals surface area (Å²) in [5.74, 6) is 0.983. The predicted octanol–water partition coefficient (Wildman–Crippen LogP) is 4.21. The Balaban J connectivity index is 1.92. The third-order valence-corrected chi connectivity index (χ3v) is 3.25. The number of benzene rings is 2. The zero-order valence-electron chi connectivity index (χ0n) is 12.1. The van der Waals surface area contributed by atoms with Crippen molar-refractivity contribution in [3.63, 3.8) is 0 Å². The molecule has 20 heavy (non-hydrogen) atoms. The molecule has 2 aromatic rings. The lowest BCUT2D eigenvalue weighted by atomic mass is 10.0. The first kappa shape index (κ1) is 14.3. The van der Waals surface area contributed by atoms with E-state index in [1.54, 1.807) is 0 Å². The summed E-state index contributed by atoms with van der Waals surface area (Å²) in [4.78, 5) is 12.1. The molecule has 0 aliphatic carbocycles. The van der Waals surface area contributed by atoms with Crippen LogP contribution >= 0.6 is 0 Å². The maximum Gasteiger partial charge on any atom is 0.163 e. The number of aryl methyl sites for hydroxylation is 2. The second kappa shape index (κ2) is 6.90. The maximum atomic E-state index is 12.1. The Morgan fingerprint density at radius 3 is 2.25 bits per heavy atom. The van der Waals surface area contributed by atoms with Crippen LogP contribution in [0.3, 0.4) is 0 Å². The number of rotatable bonds is 6. The van der Waals surface area contributed by atoms with Gasteiger partial charge in [0.2, 0.25) is 0 Å². The highest BCUT2D eigenvalue weighted by molar-refractivity contribution is 5.96. The Bertz CT molecular complexity index is 553. The van der Waals surface area contributed by atoms with Crippen LogP contribution in [0.15, 0.2) is 48.5 Å². The summed E-state index contributed by atoms with van der Waals surface area (Å²) in [6, 6.07) is 15.7. The molecule has 0 heterocycles. The van der Waals surface area contributed by atoms with Crippen LogP contribution in [0.4, 0.5) is 0 Å². The number of carbonyl (C=O) groups excluding carboxylic acids is 1. The van der Waals surface area contributed by atoms with Crippen LogP contribution in [0, 0.1) is 6.92 Å². The molecule has 0 bridgehead atoms. The highest BCUT2D eigenvalue weighted by atomic mass is 16.5. The minimum atomic E-state index is 0.175. The molecule has 0 saturated heterocycles. The first-order valence-corrected chi connectivity index (χ1v) is 7.00. The number of carbonyl (C=O) groups is 1. The van der Waals surface area contributed by atoms with Gasteiger partial charge in [0.1, 0.15) is 5.75 Å². The molecule has 0 saturated carbocycles. The Labute approximate surface area is 120 Å². The molecular weight excluding hydrogens is 248 g/mol. The third-order valence-electron chi connectivity index (χ3n) is 3.25. The summed E-state index contributed by atoms with van der Waals surface area (Å²) in [6.45, 7) is 4.65. The summed E-state index contributed by atoms with van der Waals surface area (Å²) < 4.78 is 5.37. The fourth-order valence-electron chi connectivity index (χ4n) is 2.06. The van der Waals surface area contributed by atoms with Crippen LogP contribution in [0.2, 0.25) is 0 Å². The largest absolute Gasteiger partial charge is 0.494 e. The molecule has 0 radical (unpaired) electrons. The molecule has 104 valence electrons. The molecule has 0 aliphatic heterocycles. The van der Waals surface area contributed by atoms with Gasteiger partial charge in [-0.1, -0.05) is 29.8 Å². The fraction of sp³-hybridized carbons (Fsp3) is 0.278. The molecule has 2 nitrogen and oxygen atoms in total. The minimum absolute atomic E-state index is 0.175. The van der Waals surface area contributed by atoms with Gasteiger partial charge in [0.15, 0.2) is 5.78 Å². The monoisotopic (exact) mass is 268 g/mol. The molecule has 0 atom stereocenters. The zero-order chi connectivity index (χ0) is 14.4. The van der Waals surface area contributed by atoms with E-state index in [0.717, 1.165) is 17.7 Å². The van der Waals surface area contributed by atoms with Crippen LogP contribution in [0.25, 0.3) is 0 Å². The quantitative estimate of drug-likeness (QED) is 0.734. The van der Waals surface area contributed by atoms with Crippen molar-refractivity contribution in [1.29, 1.82) is 0 Å². The number of ether oxygens (including phenoxy) is 1. The zero-order valence-corrected chi connectivity index (χ0v) is 12.1. The topological polar surface area (TPSA) is 26.3 Å². The number of hydrogen-bond acceptors (Lipinski definition) is 2. The first-order chi connectivity index (χ1) is 9.69. The van der Waals surface area contributed by atoms with Crippen LogP contribution in [-0.4, -0.2) is 12.4 Å². The molecule has 2 heteroatoms. The smallest absolute Gasteiger partial charge is 0.163 e. The molecular formula is C18H20O2. The Kier molecular flexibility index (Phi) is 4.94. The lowest BCUT2D eigenvalue weighted by molar-refractivity contribution is 0.0983. The maximum absolute atomic E-state index is 12.1. The molecule has 2 aromatic carbocycles. The second-order valence-corrected chi connectivity index (χ2v) is 4.87. The van der Waals surface area contributed by atoms with E-state index in [1.165, 1.54) is 11.1 Å². The van der Waals surface area contributed by atoms with E-state index in [4.69, 9.17) is 4.74 Å². The van der Waals surface area contributed by atoms with Crippen molar-refractivity contribution in [3.05, 3.63) is 65.2 Å². The average molecular weight is 268 g/mol. The Morgan fingerprint density at radius 2 is 1.65 bits per heavy atom. The van der Waals surface area contributed by atoms with E-state index in [9.17, 15) is 4.79 Å². The van der Waals surface area contributed by atoms with Crippen molar-refractivity contribution in [1.82, 2.24) is 0 Å². The van der Waals surface area contributed by atoms with Gasteiger partial charge in [0.05, 0.1) is 6.61 Å². The summed E-state index contributed by atoms with van der Waals surface area (Å²) >= 11 is 0. The van der Waals surface area contributed by atoms with Crippen molar-refractivity contribution in [2.75, 3.05) is 6.61 Å². The van der Waals surface area contributed by atoms with Gasteiger partial charge in [0.25, 0.3) is 0 Å². The van der Waals surface area contributed by atoms with Gasteiger partial charge in [-0.15, -0.1) is 0 Å². The average Bonchev–Trinajstić information content (AvgIpc) is 2.47. The summed E-state index contributed by atoms with van der Waals surface area (Å²) in [7, 11) is 0. The van der Waals surface area contributed by atoms with E-state index < -0.39 is 0 Å². The van der Waals surface area contributed by atoms with E-state index in [1.807, 2.05) is 31.2 Å². The van der Waals surface area contributed by atoms with Gasteiger partial charge in [-0.25, -0.2) is 0 Å². The molecule has 0 aromatic heterocycles. The number of ketones is 1. The van der Waals surface area contributed by atoms with Gasteiger partial charge in [-0.2, -0.15) is 0 Å². The van der Waals surface area contributed by atoms with Crippen molar-refractivity contribution in [3.8, 4) is 5.75 Å². The fourth-order valence-corrected chi connectivity index (χ4v) is 2.06. The molecule has 0 unspecified atom stereocenters. The highest BCUT2D eigenvalue weighted by Gasteiger charge is 2.06. The second-order valence-electron chi connectivity index (χ2n) is 4.87. The molecule has 0 N–H and O–H groups in total. The lowest BCUT2D eigenvalue weighted by Crippen LogP contribution is -2.01. The molecule has 0 aliphatic rings. The van der Waals surface area contributed by atoms with Gasteiger partial charge in [-0.05, 0) is 50.1 Å². The third kappa shape index (κ3) is 3.95. The molecule has 0 spiro atoms. The summed E-state index contributed by atoms with van der Waals surface area (Å²) in [5.41, 5.74) is 3.20. The lowest BCUT2D eigenvalue weighted by Gasteiger charge is -2.05. The van der Waals surface area contributed by atoms with E-state index >= 15 is 0 Å². The summed E-state index contributed by atoms with van der Waals surface area (Å²) in [6.07, 6.45) is 1.32. The van der Waals surface area contributed by atoms with Crippen molar-refractivity contribution >= 4 is 5.78 Å². The SMILES string of the molecule is CCOc1ccc(C(=O)CCc2ccc(C)cc2)cc1. The normalized spacial score (nSPS) is 10.3. The van der Waals surface area contributed by atoms with E-state index in [0.29, 0.717) is 13.0 Å². The van der Waals surface area contributed by atoms with Crippen LogP contribution < -0.4 is 4.74 Å². The minimum Gasteiger partial charge on any atom is -0.494 e. The number of Topliss-reactive ketones (excluding diaryl/α,β-unsaturated/α-hetero) is 1. The van der Waals surface area contributed by atoms with Crippen molar-refractivity contribution in [2.45, 2.75) is 26.7 Å². The van der Waals surface area contributed by atoms with Crippen molar-refractivity contribution < 1.29 is 9.53 Å². The molecule has 2 rings (SSSR count). The van der Waals surface area contributed by atoms with E-state index in [2.05, 4.69) is 31.2 Å². The molecule has 0 fully saturated rings. The van der Waals surface area contributed by atoms with Crippen molar-refractivity contribution in [2.24, 2.45) is 0 Å². The van der Waals surface area contributed by atoms with Gasteiger partial charge < -0.3 is 4.74 Å². The Hall–Kier alpha value is -2.09. The van der Waals surface area contributed by atoms with Gasteiger partial charge >= 0.3 is 0 Å². The number of hydrogen-bond donors (Lipinski definition) is 0.